The van der Waals surface area contributed by atoms with E-state index in [-0.39, 0.29) is 5.78 Å². The lowest BCUT2D eigenvalue weighted by Gasteiger charge is -2.16. The molecule has 0 unspecified atom stereocenters. The number of aryl methyl sites for hydroxylation is 1. The van der Waals surface area contributed by atoms with Crippen molar-refractivity contribution in [2.24, 2.45) is 5.73 Å². The molecule has 0 amide bonds. The van der Waals surface area contributed by atoms with Crippen molar-refractivity contribution in [3.05, 3.63) is 41.6 Å². The van der Waals surface area contributed by atoms with Crippen molar-refractivity contribution in [3.8, 4) is 0 Å². The van der Waals surface area contributed by atoms with E-state index < -0.39 is 5.54 Å². The first-order chi connectivity index (χ1) is 7.88. The van der Waals surface area contributed by atoms with Crippen LogP contribution in [-0.2, 0) is 0 Å². The van der Waals surface area contributed by atoms with Crippen LogP contribution >= 0.6 is 0 Å². The van der Waals surface area contributed by atoms with Crippen molar-refractivity contribution in [3.63, 3.8) is 0 Å². The maximum atomic E-state index is 12.0. The molecular weight excluding hydrogens is 212 g/mol. The maximum Gasteiger partial charge on any atom is 0.182 e. The van der Waals surface area contributed by atoms with E-state index in [2.05, 4.69) is 4.98 Å². The largest absolute Gasteiger partial charge is 0.319 e. The van der Waals surface area contributed by atoms with Crippen molar-refractivity contribution in [1.29, 1.82) is 0 Å². The van der Waals surface area contributed by atoms with Gasteiger partial charge in [-0.15, -0.1) is 0 Å². The number of aromatic nitrogens is 1. The third-order valence-corrected chi connectivity index (χ3v) is 2.68. The number of nitrogens with two attached hydrogens (primary N) is 1. The quantitative estimate of drug-likeness (QED) is 0.803. The summed E-state index contributed by atoms with van der Waals surface area (Å²) in [5.41, 5.74) is 7.48. The molecule has 3 nitrogen and oxygen atoms in total. The SMILES string of the molecule is Cc1ccc2cc(C(=O)C(C)(C)N)ccc2n1. The third kappa shape index (κ3) is 2.34. The van der Waals surface area contributed by atoms with E-state index in [1.807, 2.05) is 31.2 Å². The third-order valence-electron chi connectivity index (χ3n) is 2.68. The van der Waals surface area contributed by atoms with Gasteiger partial charge in [-0.2, -0.15) is 0 Å². The van der Waals surface area contributed by atoms with Crippen LogP contribution in [0.25, 0.3) is 10.9 Å². The van der Waals surface area contributed by atoms with Crippen LogP contribution < -0.4 is 5.73 Å². The molecule has 2 aromatic rings. The lowest BCUT2D eigenvalue weighted by Crippen LogP contribution is -2.41. The van der Waals surface area contributed by atoms with Crippen LogP contribution in [0.5, 0.6) is 0 Å². The lowest BCUT2D eigenvalue weighted by atomic mass is 9.93. The first kappa shape index (κ1) is 11.7. The molecular formula is C14H16N2O. The van der Waals surface area contributed by atoms with E-state index in [1.165, 1.54) is 0 Å². The van der Waals surface area contributed by atoms with Gasteiger partial charge in [0.25, 0.3) is 0 Å². The number of carbonyl (C=O) groups is 1. The van der Waals surface area contributed by atoms with Gasteiger partial charge in [-0.3, -0.25) is 9.78 Å². The molecule has 0 saturated carbocycles. The van der Waals surface area contributed by atoms with Crippen LogP contribution in [0, 0.1) is 6.92 Å². The van der Waals surface area contributed by atoms with Crippen molar-refractivity contribution in [2.45, 2.75) is 26.3 Å². The fourth-order valence-corrected chi connectivity index (χ4v) is 1.74. The summed E-state index contributed by atoms with van der Waals surface area (Å²) in [6.07, 6.45) is 0. The molecule has 0 aliphatic rings. The minimum atomic E-state index is -0.841. The summed E-state index contributed by atoms with van der Waals surface area (Å²) < 4.78 is 0. The van der Waals surface area contributed by atoms with Crippen molar-refractivity contribution < 1.29 is 4.79 Å². The Morgan fingerprint density at radius 1 is 1.24 bits per heavy atom. The smallest absolute Gasteiger partial charge is 0.182 e. The fourth-order valence-electron chi connectivity index (χ4n) is 1.74. The number of Topliss-reactive ketones (excluding diaryl/α,β-unsaturated/α-hetero) is 1. The van der Waals surface area contributed by atoms with Crippen LogP contribution in [0.15, 0.2) is 30.3 Å². The second kappa shape index (κ2) is 3.93. The molecule has 0 saturated heterocycles. The van der Waals surface area contributed by atoms with Gasteiger partial charge in [0.2, 0.25) is 0 Å². The number of nitrogens with zero attached hydrogens (tertiary/aromatic N) is 1. The summed E-state index contributed by atoms with van der Waals surface area (Å²) in [5, 5.41) is 0.964. The van der Waals surface area contributed by atoms with Crippen molar-refractivity contribution in [2.75, 3.05) is 0 Å². The molecule has 0 atom stereocenters. The molecule has 0 aliphatic carbocycles. The first-order valence-corrected chi connectivity index (χ1v) is 5.59. The van der Waals surface area contributed by atoms with Gasteiger partial charge in [0.15, 0.2) is 5.78 Å². The van der Waals surface area contributed by atoms with Gasteiger partial charge >= 0.3 is 0 Å². The molecule has 0 bridgehead atoms. The predicted molar refractivity (Wildman–Crippen MR) is 69.1 cm³/mol. The first-order valence-electron chi connectivity index (χ1n) is 5.59. The van der Waals surface area contributed by atoms with E-state index in [9.17, 15) is 4.79 Å². The zero-order valence-electron chi connectivity index (χ0n) is 10.3. The Kier molecular flexibility index (Phi) is 2.71. The second-order valence-electron chi connectivity index (χ2n) is 4.91. The van der Waals surface area contributed by atoms with Crippen molar-refractivity contribution in [1.82, 2.24) is 4.98 Å². The van der Waals surface area contributed by atoms with Gasteiger partial charge in [-0.05, 0) is 45.0 Å². The highest BCUT2D eigenvalue weighted by Gasteiger charge is 2.23. The minimum absolute atomic E-state index is 0.0556. The number of rotatable bonds is 2. The summed E-state index contributed by atoms with van der Waals surface area (Å²) in [6, 6.07) is 9.40. The predicted octanol–water partition coefficient (Wildman–Crippen LogP) is 2.46. The molecule has 1 aromatic heterocycles. The van der Waals surface area contributed by atoms with Crippen molar-refractivity contribution >= 4 is 16.7 Å². The molecule has 17 heavy (non-hydrogen) atoms. The topological polar surface area (TPSA) is 56.0 Å². The highest BCUT2D eigenvalue weighted by atomic mass is 16.1. The van der Waals surface area contributed by atoms with Gasteiger partial charge in [0.05, 0.1) is 11.1 Å². The van der Waals surface area contributed by atoms with Gasteiger partial charge in [-0.1, -0.05) is 6.07 Å². The Morgan fingerprint density at radius 2 is 1.94 bits per heavy atom. The average molecular weight is 228 g/mol. The summed E-state index contributed by atoms with van der Waals surface area (Å²) >= 11 is 0. The molecule has 2 rings (SSSR count). The number of fused-ring (bicyclic) bond motifs is 1. The normalized spacial score (nSPS) is 11.8. The van der Waals surface area contributed by atoms with Gasteiger partial charge in [-0.25, -0.2) is 0 Å². The van der Waals surface area contributed by atoms with Crippen LogP contribution in [-0.4, -0.2) is 16.3 Å². The van der Waals surface area contributed by atoms with Gasteiger partial charge in [0, 0.05) is 16.6 Å². The second-order valence-corrected chi connectivity index (χ2v) is 4.91. The fraction of sp³-hybridized carbons (Fsp3) is 0.286. The van der Waals surface area contributed by atoms with Crippen LogP contribution in [0.1, 0.15) is 29.9 Å². The van der Waals surface area contributed by atoms with E-state index >= 15 is 0 Å². The van der Waals surface area contributed by atoms with E-state index in [0.29, 0.717) is 5.56 Å². The number of hydrogen-bond acceptors (Lipinski definition) is 3. The number of hydrogen-bond donors (Lipinski definition) is 1. The lowest BCUT2D eigenvalue weighted by molar-refractivity contribution is 0.0913. The highest BCUT2D eigenvalue weighted by Crippen LogP contribution is 2.17. The van der Waals surface area contributed by atoms with Gasteiger partial charge in [0.1, 0.15) is 0 Å². The zero-order valence-corrected chi connectivity index (χ0v) is 10.3. The van der Waals surface area contributed by atoms with E-state index in [0.717, 1.165) is 16.6 Å². The standard InChI is InChI=1S/C14H16N2O/c1-9-4-5-10-8-11(6-7-12(10)16-9)13(17)14(2,3)15/h4-8H,15H2,1-3H3. The summed E-state index contributed by atoms with van der Waals surface area (Å²) in [5.74, 6) is -0.0556. The monoisotopic (exact) mass is 228 g/mol. The van der Waals surface area contributed by atoms with Crippen LogP contribution in [0.2, 0.25) is 0 Å². The van der Waals surface area contributed by atoms with E-state index in [4.69, 9.17) is 5.73 Å². The molecule has 1 heterocycles. The van der Waals surface area contributed by atoms with Gasteiger partial charge < -0.3 is 5.73 Å². The Morgan fingerprint density at radius 3 is 2.59 bits per heavy atom. The maximum absolute atomic E-state index is 12.0. The molecule has 0 spiro atoms. The number of carbonyl (C=O) groups excluding carboxylic acids is 1. The molecule has 3 heteroatoms. The molecule has 0 aliphatic heterocycles. The summed E-state index contributed by atoms with van der Waals surface area (Å²) in [7, 11) is 0. The van der Waals surface area contributed by atoms with Crippen LogP contribution in [0.3, 0.4) is 0 Å². The Bertz CT molecular complexity index is 582. The number of ketones is 1. The molecule has 1 aromatic carbocycles. The summed E-state index contributed by atoms with van der Waals surface area (Å²) in [6.45, 7) is 5.38. The molecule has 0 fully saturated rings. The summed E-state index contributed by atoms with van der Waals surface area (Å²) in [4.78, 5) is 16.4. The Balaban J connectivity index is 2.52. The Labute approximate surface area is 101 Å². The average Bonchev–Trinajstić information content (AvgIpc) is 2.26. The molecule has 88 valence electrons. The highest BCUT2D eigenvalue weighted by molar-refractivity contribution is 6.04. The molecule has 2 N–H and O–H groups in total. The minimum Gasteiger partial charge on any atom is -0.319 e. The zero-order chi connectivity index (χ0) is 12.6. The number of pyridine rings is 1. The Hall–Kier alpha value is -1.74. The number of benzene rings is 1. The van der Waals surface area contributed by atoms with Crippen LogP contribution in [0.4, 0.5) is 0 Å². The molecule has 0 radical (unpaired) electrons. The van der Waals surface area contributed by atoms with E-state index in [1.54, 1.807) is 19.9 Å².